The molecule has 1 saturated heterocycles. The van der Waals surface area contributed by atoms with Crippen LogP contribution in [0.4, 0.5) is 5.69 Å². The lowest BCUT2D eigenvalue weighted by Crippen LogP contribution is -3.09. The van der Waals surface area contributed by atoms with E-state index in [1.54, 1.807) is 24.3 Å². The van der Waals surface area contributed by atoms with E-state index in [9.17, 15) is 55.2 Å². The third kappa shape index (κ3) is 7.71. The Labute approximate surface area is 335 Å². The number of guanidine groups is 1. The molecule has 3 heterocycles. The quantitative estimate of drug-likeness (QED) is 0.0557. The van der Waals surface area contributed by atoms with Crippen LogP contribution in [0.25, 0.3) is 0 Å². The van der Waals surface area contributed by atoms with Crippen molar-refractivity contribution in [1.82, 2.24) is 0 Å². The molecule has 7 rings (SSSR count). The summed E-state index contributed by atoms with van der Waals surface area (Å²) in [4.78, 5) is 53.0. The molecule has 9 N–H and O–H groups in total. The summed E-state index contributed by atoms with van der Waals surface area (Å²) >= 11 is 0. The Hall–Kier alpha value is -5.61. The van der Waals surface area contributed by atoms with Crippen LogP contribution < -0.4 is 19.5 Å². The highest BCUT2D eigenvalue weighted by molar-refractivity contribution is 6.66. The second kappa shape index (κ2) is 17.3. The van der Waals surface area contributed by atoms with E-state index < -0.39 is 91.7 Å². The van der Waals surface area contributed by atoms with Crippen molar-refractivity contribution in [1.29, 1.82) is 5.41 Å². The number of aliphatic hydroxyl groups excluding tert-OH is 7. The van der Waals surface area contributed by atoms with E-state index in [1.807, 2.05) is 0 Å². The van der Waals surface area contributed by atoms with Gasteiger partial charge in [0, 0.05) is 52.7 Å². The number of quaternary nitrogens is 1. The smallest absolute Gasteiger partial charge is 0.262 e. The summed E-state index contributed by atoms with van der Waals surface area (Å²) in [5.74, 6) is -4.18. The van der Waals surface area contributed by atoms with Gasteiger partial charge in [0.2, 0.25) is 12.2 Å². The molecule has 0 spiro atoms. The fourth-order valence-electron chi connectivity index (χ4n) is 7.66. The van der Waals surface area contributed by atoms with E-state index in [-0.39, 0.29) is 77.7 Å². The minimum Gasteiger partial charge on any atom is -0.857 e. The summed E-state index contributed by atoms with van der Waals surface area (Å²) in [6.45, 7) is -2.22. The van der Waals surface area contributed by atoms with Crippen LogP contribution >= 0.6 is 0 Å². The summed E-state index contributed by atoms with van der Waals surface area (Å²) in [5, 5.41) is 94.0. The van der Waals surface area contributed by atoms with Crippen LogP contribution in [0.1, 0.15) is 73.7 Å². The van der Waals surface area contributed by atoms with Gasteiger partial charge in [0.1, 0.15) is 43.0 Å². The number of hydrogen-bond donors (Lipinski definition) is 9. The molecule has 1 aliphatic carbocycles. The van der Waals surface area contributed by atoms with Gasteiger partial charge in [0.25, 0.3) is 5.84 Å². The molecule has 0 amide bonds. The van der Waals surface area contributed by atoms with E-state index >= 15 is 0 Å². The molecule has 8 atom stereocenters. The third-order valence-electron chi connectivity index (χ3n) is 10.6. The molecule has 3 aliphatic heterocycles. The minimum absolute atomic E-state index is 0.00605. The number of aliphatic hydroxyl groups is 7. The zero-order valence-electron chi connectivity index (χ0n) is 31.2. The SMILES string of the molecule is N=C1N=C([O-])C2=NC[NH+](c3ccccc3[C@H](CCCO)c3cc4c(c(OC[C@H](O)CC=O)c3O[C@@H]3O[C@@H](CO)[C@H](O)[C@@H](O)[C@@H]3O)C(=O)c3cc(CO)ccc3C4=O)C2=N1. The van der Waals surface area contributed by atoms with Gasteiger partial charge in [-0.05, 0) is 42.7 Å². The average molecular weight is 816 g/mol. The first-order valence-electron chi connectivity index (χ1n) is 18.7. The number of carbonyl (C=O) groups is 3. The first kappa shape index (κ1) is 41.5. The van der Waals surface area contributed by atoms with Gasteiger partial charge in [-0.1, -0.05) is 24.3 Å². The number of aliphatic imine (C=N–C) groups is 3. The number of para-hydroxylation sites is 1. The van der Waals surface area contributed by atoms with Crippen LogP contribution in [0.15, 0.2) is 63.5 Å². The topological polar surface area (TPSA) is 309 Å². The number of nitrogens with one attached hydrogen (secondary N) is 2. The molecule has 59 heavy (non-hydrogen) atoms. The fraction of sp³-hybridized carbons (Fsp3) is 0.375. The number of benzene rings is 3. The van der Waals surface area contributed by atoms with Crippen molar-refractivity contribution in [3.05, 3.63) is 87.5 Å². The number of aldehydes is 1. The highest BCUT2D eigenvalue weighted by Crippen LogP contribution is 2.49. The number of ether oxygens (including phenoxy) is 3. The third-order valence-corrected chi connectivity index (χ3v) is 10.6. The molecule has 0 aromatic heterocycles. The molecule has 1 fully saturated rings. The highest BCUT2D eigenvalue weighted by Gasteiger charge is 2.47. The lowest BCUT2D eigenvalue weighted by atomic mass is 9.78. The number of rotatable bonds is 15. The zero-order chi connectivity index (χ0) is 42.1. The molecule has 4 aliphatic rings. The van der Waals surface area contributed by atoms with Gasteiger partial charge < -0.3 is 59.9 Å². The van der Waals surface area contributed by atoms with Gasteiger partial charge in [-0.3, -0.25) is 15.0 Å². The number of ketones is 2. The first-order valence-corrected chi connectivity index (χ1v) is 18.7. The van der Waals surface area contributed by atoms with E-state index in [1.165, 1.54) is 24.3 Å². The first-order chi connectivity index (χ1) is 28.4. The van der Waals surface area contributed by atoms with Crippen LogP contribution in [0.2, 0.25) is 0 Å². The van der Waals surface area contributed by atoms with Crippen LogP contribution in [-0.4, -0.2) is 140 Å². The van der Waals surface area contributed by atoms with Gasteiger partial charge in [-0.15, -0.1) is 0 Å². The van der Waals surface area contributed by atoms with Gasteiger partial charge in [0.05, 0.1) is 24.9 Å². The van der Waals surface area contributed by atoms with Crippen molar-refractivity contribution >= 4 is 46.9 Å². The van der Waals surface area contributed by atoms with Gasteiger partial charge in [-0.2, -0.15) is 4.99 Å². The van der Waals surface area contributed by atoms with Crippen LogP contribution in [0.5, 0.6) is 11.5 Å². The molecule has 3 aromatic rings. The van der Waals surface area contributed by atoms with Gasteiger partial charge in [0.15, 0.2) is 35.4 Å². The number of fused-ring (bicyclic) bond motifs is 3. The van der Waals surface area contributed by atoms with E-state index in [2.05, 4.69) is 15.0 Å². The molecular weight excluding hydrogens is 774 g/mol. The van der Waals surface area contributed by atoms with Crippen molar-refractivity contribution in [2.75, 3.05) is 26.5 Å². The summed E-state index contributed by atoms with van der Waals surface area (Å²) in [6, 6.07) is 12.5. The number of nitrogens with zero attached hydrogens (tertiary/aromatic N) is 3. The molecule has 0 bridgehead atoms. The predicted octanol–water partition coefficient (Wildman–Crippen LogP) is -2.60. The molecule has 3 aromatic carbocycles. The molecular formula is C40H41N5O14. The summed E-state index contributed by atoms with van der Waals surface area (Å²) in [6.07, 6.45) is -10.0. The van der Waals surface area contributed by atoms with Crippen molar-refractivity contribution in [2.24, 2.45) is 15.0 Å². The predicted molar refractivity (Wildman–Crippen MR) is 202 cm³/mol. The van der Waals surface area contributed by atoms with Crippen molar-refractivity contribution < 1.29 is 74.3 Å². The summed E-state index contributed by atoms with van der Waals surface area (Å²) in [5.41, 5.74) is 0.812. The van der Waals surface area contributed by atoms with Crippen molar-refractivity contribution in [3.63, 3.8) is 0 Å². The van der Waals surface area contributed by atoms with Gasteiger partial charge >= 0.3 is 0 Å². The lowest BCUT2D eigenvalue weighted by molar-refractivity contribution is -0.723. The van der Waals surface area contributed by atoms with Gasteiger partial charge in [-0.25, -0.2) is 14.9 Å². The standard InChI is InChI=1S/C40H41N5O14/c41-40-43-37-29(38(56)44-40)42-17-45(37)26-6-2-1-4-21(26)20(5-3-10-46)24-13-25-28(31(52)23-12-18(14-48)7-8-22(23)30(25)51)36(57-16-19(50)9-11-47)35(24)59-39-34(55)33(54)32(53)27(15-49)58-39/h1-2,4,6-8,11-13,19-20,27,32-34,39,46,48-50,53-55H,3,5,9-10,14-17H2,(H2,41,44,56)/t19-,20+,27+,32+,33-,34+,39+/m1/s1. The van der Waals surface area contributed by atoms with Crippen LogP contribution in [0, 0.1) is 5.41 Å². The molecule has 0 saturated carbocycles. The maximum Gasteiger partial charge on any atom is 0.262 e. The Bertz CT molecular complexity index is 2270. The van der Waals surface area contributed by atoms with Crippen LogP contribution in [0.3, 0.4) is 0 Å². The van der Waals surface area contributed by atoms with Crippen molar-refractivity contribution in [2.45, 2.75) is 68.6 Å². The second-order valence-electron chi connectivity index (χ2n) is 14.3. The maximum atomic E-state index is 14.6. The Morgan fingerprint density at radius 3 is 2.46 bits per heavy atom. The van der Waals surface area contributed by atoms with E-state index in [0.29, 0.717) is 28.0 Å². The zero-order valence-corrected chi connectivity index (χ0v) is 31.2. The van der Waals surface area contributed by atoms with Crippen molar-refractivity contribution in [3.8, 4) is 11.5 Å². The fourth-order valence-corrected chi connectivity index (χ4v) is 7.66. The Balaban J connectivity index is 1.49. The number of amidine groups is 1. The van der Waals surface area contributed by atoms with Crippen LogP contribution in [-0.2, 0) is 16.1 Å². The Morgan fingerprint density at radius 1 is 0.949 bits per heavy atom. The Kier molecular flexibility index (Phi) is 12.2. The lowest BCUT2D eigenvalue weighted by Gasteiger charge is -2.40. The minimum atomic E-state index is -1.97. The maximum absolute atomic E-state index is 14.6. The molecule has 310 valence electrons. The molecule has 19 nitrogen and oxygen atoms in total. The van der Waals surface area contributed by atoms with E-state index in [0.717, 1.165) is 0 Å². The average Bonchev–Trinajstić information content (AvgIpc) is 3.66. The summed E-state index contributed by atoms with van der Waals surface area (Å²) in [7, 11) is 0. The number of carbonyl (C=O) groups excluding carboxylic acids is 3. The second-order valence-corrected chi connectivity index (χ2v) is 14.3. The Morgan fingerprint density at radius 2 is 1.73 bits per heavy atom. The highest BCUT2D eigenvalue weighted by atomic mass is 16.7. The monoisotopic (exact) mass is 815 g/mol. The largest absolute Gasteiger partial charge is 0.857 e. The molecule has 19 heteroatoms. The normalized spacial score (nSPS) is 24.6. The summed E-state index contributed by atoms with van der Waals surface area (Å²) < 4.78 is 18.3. The molecule has 1 unspecified atom stereocenters. The number of hydrogen-bond acceptors (Lipinski definition) is 16. The van der Waals surface area contributed by atoms with E-state index in [4.69, 9.17) is 19.6 Å². The molecule has 0 radical (unpaired) electrons.